The lowest BCUT2D eigenvalue weighted by molar-refractivity contribution is -0.129. The fourth-order valence-electron chi connectivity index (χ4n) is 1.51. The van der Waals surface area contributed by atoms with Crippen LogP contribution in [-0.4, -0.2) is 35.5 Å². The summed E-state index contributed by atoms with van der Waals surface area (Å²) in [6.45, 7) is 2.40. The SMILES string of the molecule is CC(N)CN(C)C(=O)Cc1cccc(O)c1. The minimum Gasteiger partial charge on any atom is -0.508 e. The third-order valence-electron chi connectivity index (χ3n) is 2.25. The number of phenols is 1. The Bertz CT molecular complexity index is 364. The first-order chi connectivity index (χ1) is 7.49. The highest BCUT2D eigenvalue weighted by Gasteiger charge is 2.11. The maximum atomic E-state index is 11.7. The van der Waals surface area contributed by atoms with E-state index in [1.807, 2.05) is 13.0 Å². The Hall–Kier alpha value is -1.55. The molecule has 4 nitrogen and oxygen atoms in total. The Balaban J connectivity index is 2.57. The predicted octanol–water partition coefficient (Wildman–Crippen LogP) is 0.740. The minimum absolute atomic E-state index is 0.00269. The molecule has 1 unspecified atom stereocenters. The molecule has 1 atom stereocenters. The zero-order valence-electron chi connectivity index (χ0n) is 9.68. The van der Waals surface area contributed by atoms with Gasteiger partial charge < -0.3 is 15.7 Å². The molecule has 0 aromatic heterocycles. The summed E-state index contributed by atoms with van der Waals surface area (Å²) >= 11 is 0. The minimum atomic E-state index is -0.0295. The van der Waals surface area contributed by atoms with E-state index < -0.39 is 0 Å². The molecule has 0 spiro atoms. The molecule has 0 heterocycles. The molecule has 1 aromatic carbocycles. The van der Waals surface area contributed by atoms with Gasteiger partial charge in [-0.25, -0.2) is 0 Å². The molecule has 0 saturated carbocycles. The topological polar surface area (TPSA) is 66.6 Å². The first kappa shape index (κ1) is 12.5. The molecular weight excluding hydrogens is 204 g/mol. The number of benzene rings is 1. The summed E-state index contributed by atoms with van der Waals surface area (Å²) in [6.07, 6.45) is 0.289. The van der Waals surface area contributed by atoms with Crippen LogP contribution in [-0.2, 0) is 11.2 Å². The van der Waals surface area contributed by atoms with Gasteiger partial charge in [0.15, 0.2) is 0 Å². The van der Waals surface area contributed by atoms with Crippen LogP contribution in [0.3, 0.4) is 0 Å². The molecule has 88 valence electrons. The first-order valence-electron chi connectivity index (χ1n) is 5.26. The van der Waals surface area contributed by atoms with Gasteiger partial charge in [-0.2, -0.15) is 0 Å². The Kier molecular flexibility index (Phi) is 4.31. The van der Waals surface area contributed by atoms with E-state index >= 15 is 0 Å². The Morgan fingerprint density at radius 3 is 2.81 bits per heavy atom. The van der Waals surface area contributed by atoms with Gasteiger partial charge in [-0.05, 0) is 24.6 Å². The van der Waals surface area contributed by atoms with Crippen LogP contribution in [0.5, 0.6) is 5.75 Å². The lowest BCUT2D eigenvalue weighted by Crippen LogP contribution is -2.37. The van der Waals surface area contributed by atoms with E-state index in [0.29, 0.717) is 6.54 Å². The van der Waals surface area contributed by atoms with E-state index in [-0.39, 0.29) is 24.1 Å². The quantitative estimate of drug-likeness (QED) is 0.789. The van der Waals surface area contributed by atoms with E-state index in [2.05, 4.69) is 0 Å². The van der Waals surface area contributed by atoms with Crippen LogP contribution in [0.15, 0.2) is 24.3 Å². The van der Waals surface area contributed by atoms with Gasteiger partial charge in [-0.3, -0.25) is 4.79 Å². The summed E-state index contributed by atoms with van der Waals surface area (Å²) in [5.74, 6) is 0.183. The number of amides is 1. The van der Waals surface area contributed by atoms with Crippen molar-refractivity contribution in [1.29, 1.82) is 0 Å². The van der Waals surface area contributed by atoms with Crippen molar-refractivity contribution in [3.63, 3.8) is 0 Å². The number of hydrogen-bond donors (Lipinski definition) is 2. The molecule has 1 amide bonds. The maximum absolute atomic E-state index is 11.7. The number of carbonyl (C=O) groups excluding carboxylic acids is 1. The monoisotopic (exact) mass is 222 g/mol. The molecule has 16 heavy (non-hydrogen) atoms. The predicted molar refractivity (Wildman–Crippen MR) is 63.1 cm³/mol. The second-order valence-corrected chi connectivity index (χ2v) is 4.10. The Morgan fingerprint density at radius 2 is 2.25 bits per heavy atom. The number of likely N-dealkylation sites (N-methyl/N-ethyl adjacent to an activating group) is 1. The molecule has 0 fully saturated rings. The van der Waals surface area contributed by atoms with Crippen molar-refractivity contribution in [2.75, 3.05) is 13.6 Å². The average Bonchev–Trinajstić information content (AvgIpc) is 2.16. The molecule has 4 heteroatoms. The maximum Gasteiger partial charge on any atom is 0.226 e. The van der Waals surface area contributed by atoms with Crippen molar-refractivity contribution >= 4 is 5.91 Å². The first-order valence-corrected chi connectivity index (χ1v) is 5.26. The van der Waals surface area contributed by atoms with Gasteiger partial charge in [0, 0.05) is 19.6 Å². The van der Waals surface area contributed by atoms with E-state index in [1.165, 1.54) is 0 Å². The average molecular weight is 222 g/mol. The van der Waals surface area contributed by atoms with Crippen molar-refractivity contribution in [2.24, 2.45) is 5.73 Å². The molecular formula is C12H18N2O2. The van der Waals surface area contributed by atoms with Crippen LogP contribution >= 0.6 is 0 Å². The van der Waals surface area contributed by atoms with Crippen LogP contribution in [0.2, 0.25) is 0 Å². The van der Waals surface area contributed by atoms with E-state index in [1.54, 1.807) is 30.1 Å². The second-order valence-electron chi connectivity index (χ2n) is 4.10. The number of hydrogen-bond acceptors (Lipinski definition) is 3. The number of nitrogens with zero attached hydrogens (tertiary/aromatic N) is 1. The highest BCUT2D eigenvalue weighted by atomic mass is 16.3. The molecule has 0 radical (unpaired) electrons. The smallest absolute Gasteiger partial charge is 0.226 e. The Morgan fingerprint density at radius 1 is 1.56 bits per heavy atom. The standard InChI is InChI=1S/C12H18N2O2/c1-9(13)8-14(2)12(16)7-10-4-3-5-11(15)6-10/h3-6,9,15H,7-8,13H2,1-2H3. The van der Waals surface area contributed by atoms with Crippen molar-refractivity contribution in [3.05, 3.63) is 29.8 Å². The molecule has 0 aliphatic rings. The van der Waals surface area contributed by atoms with Gasteiger partial charge in [0.05, 0.1) is 6.42 Å². The highest BCUT2D eigenvalue weighted by Crippen LogP contribution is 2.11. The van der Waals surface area contributed by atoms with Crippen LogP contribution < -0.4 is 5.73 Å². The van der Waals surface area contributed by atoms with E-state index in [9.17, 15) is 9.90 Å². The van der Waals surface area contributed by atoms with Crippen LogP contribution in [0.1, 0.15) is 12.5 Å². The number of aromatic hydroxyl groups is 1. The number of carbonyl (C=O) groups is 1. The summed E-state index contributed by atoms with van der Waals surface area (Å²) in [5.41, 5.74) is 6.42. The van der Waals surface area contributed by atoms with Crippen LogP contribution in [0.25, 0.3) is 0 Å². The third kappa shape index (κ3) is 3.90. The number of rotatable bonds is 4. The molecule has 3 N–H and O–H groups in total. The van der Waals surface area contributed by atoms with Gasteiger partial charge >= 0.3 is 0 Å². The fourth-order valence-corrected chi connectivity index (χ4v) is 1.51. The third-order valence-corrected chi connectivity index (χ3v) is 2.25. The molecule has 0 aliphatic carbocycles. The summed E-state index contributed by atoms with van der Waals surface area (Å²) in [7, 11) is 1.73. The lowest BCUT2D eigenvalue weighted by Gasteiger charge is -2.19. The van der Waals surface area contributed by atoms with Gasteiger partial charge in [-0.1, -0.05) is 12.1 Å². The van der Waals surface area contributed by atoms with Crippen molar-refractivity contribution < 1.29 is 9.90 Å². The van der Waals surface area contributed by atoms with Gasteiger partial charge in [-0.15, -0.1) is 0 Å². The highest BCUT2D eigenvalue weighted by molar-refractivity contribution is 5.78. The normalized spacial score (nSPS) is 12.2. The zero-order valence-corrected chi connectivity index (χ0v) is 9.68. The summed E-state index contributed by atoms with van der Waals surface area (Å²) in [4.78, 5) is 13.4. The summed E-state index contributed by atoms with van der Waals surface area (Å²) in [5, 5.41) is 9.27. The van der Waals surface area contributed by atoms with Gasteiger partial charge in [0.1, 0.15) is 5.75 Å². The van der Waals surface area contributed by atoms with Gasteiger partial charge in [0.25, 0.3) is 0 Å². The number of phenolic OH excluding ortho intramolecular Hbond substituents is 1. The zero-order chi connectivity index (χ0) is 12.1. The van der Waals surface area contributed by atoms with E-state index in [4.69, 9.17) is 5.73 Å². The van der Waals surface area contributed by atoms with Crippen LogP contribution in [0.4, 0.5) is 0 Å². The largest absolute Gasteiger partial charge is 0.508 e. The number of nitrogens with two attached hydrogens (primary N) is 1. The van der Waals surface area contributed by atoms with E-state index in [0.717, 1.165) is 5.56 Å². The lowest BCUT2D eigenvalue weighted by atomic mass is 10.1. The van der Waals surface area contributed by atoms with Gasteiger partial charge in [0.2, 0.25) is 5.91 Å². The molecule has 1 aromatic rings. The molecule has 0 aliphatic heterocycles. The van der Waals surface area contributed by atoms with Crippen molar-refractivity contribution in [2.45, 2.75) is 19.4 Å². The van der Waals surface area contributed by atoms with Crippen LogP contribution in [0, 0.1) is 0 Å². The summed E-state index contributed by atoms with van der Waals surface area (Å²) < 4.78 is 0. The Labute approximate surface area is 95.7 Å². The van der Waals surface area contributed by atoms with Crippen molar-refractivity contribution in [1.82, 2.24) is 4.90 Å². The second kappa shape index (κ2) is 5.51. The molecule has 0 bridgehead atoms. The summed E-state index contributed by atoms with van der Waals surface area (Å²) in [6, 6.07) is 6.69. The molecule has 0 saturated heterocycles. The molecule has 1 rings (SSSR count). The van der Waals surface area contributed by atoms with Crippen molar-refractivity contribution in [3.8, 4) is 5.75 Å². The fraction of sp³-hybridized carbons (Fsp3) is 0.417.